The molecule has 2 aromatic carbocycles. The number of hydrogen-bond donors (Lipinski definition) is 1. The SMILES string of the molecule is Clc1cccc(Cn2c(CNCCC3=CCCCC3)nc3ccccc32)c1. The summed E-state index contributed by atoms with van der Waals surface area (Å²) in [7, 11) is 0. The summed E-state index contributed by atoms with van der Waals surface area (Å²) >= 11 is 6.18. The van der Waals surface area contributed by atoms with Crippen molar-refractivity contribution in [1.82, 2.24) is 14.9 Å². The largest absolute Gasteiger partial charge is 0.322 e. The topological polar surface area (TPSA) is 29.9 Å². The Kier molecular flexibility index (Phi) is 5.90. The summed E-state index contributed by atoms with van der Waals surface area (Å²) in [6, 6.07) is 16.4. The average molecular weight is 380 g/mol. The van der Waals surface area contributed by atoms with E-state index in [1.54, 1.807) is 5.57 Å². The summed E-state index contributed by atoms with van der Waals surface area (Å²) in [4.78, 5) is 4.87. The molecular weight excluding hydrogens is 354 g/mol. The quantitative estimate of drug-likeness (QED) is 0.420. The van der Waals surface area contributed by atoms with Crippen LogP contribution in [0.3, 0.4) is 0 Å². The van der Waals surface area contributed by atoms with Gasteiger partial charge in [-0.15, -0.1) is 0 Å². The van der Waals surface area contributed by atoms with Gasteiger partial charge in [0.15, 0.2) is 0 Å². The first-order valence-corrected chi connectivity index (χ1v) is 10.2. The van der Waals surface area contributed by atoms with Gasteiger partial charge in [0.25, 0.3) is 0 Å². The zero-order chi connectivity index (χ0) is 18.5. The number of imidazole rings is 1. The van der Waals surface area contributed by atoms with Gasteiger partial charge in [-0.05, 0) is 68.5 Å². The Morgan fingerprint density at radius 1 is 1.07 bits per heavy atom. The van der Waals surface area contributed by atoms with Crippen molar-refractivity contribution >= 4 is 22.6 Å². The highest BCUT2D eigenvalue weighted by atomic mass is 35.5. The molecule has 1 aliphatic rings. The Morgan fingerprint density at radius 2 is 2.00 bits per heavy atom. The molecule has 27 heavy (non-hydrogen) atoms. The van der Waals surface area contributed by atoms with E-state index in [-0.39, 0.29) is 0 Å². The molecule has 0 bridgehead atoms. The molecule has 0 spiro atoms. The maximum atomic E-state index is 6.18. The highest BCUT2D eigenvalue weighted by molar-refractivity contribution is 6.30. The maximum absolute atomic E-state index is 6.18. The molecule has 0 unspecified atom stereocenters. The van der Waals surface area contributed by atoms with Gasteiger partial charge in [-0.2, -0.15) is 0 Å². The molecule has 0 radical (unpaired) electrons. The van der Waals surface area contributed by atoms with E-state index in [1.165, 1.54) is 36.8 Å². The van der Waals surface area contributed by atoms with E-state index in [9.17, 15) is 0 Å². The number of aromatic nitrogens is 2. The second-order valence-corrected chi connectivity index (χ2v) is 7.70. The smallest absolute Gasteiger partial charge is 0.124 e. The lowest BCUT2D eigenvalue weighted by Gasteiger charge is -2.13. The summed E-state index contributed by atoms with van der Waals surface area (Å²) in [6.07, 6.45) is 8.81. The number of fused-ring (bicyclic) bond motifs is 1. The lowest BCUT2D eigenvalue weighted by Crippen LogP contribution is -2.19. The van der Waals surface area contributed by atoms with Crippen molar-refractivity contribution in [2.24, 2.45) is 0 Å². The number of nitrogens with one attached hydrogen (secondary N) is 1. The molecule has 140 valence electrons. The van der Waals surface area contributed by atoms with E-state index in [0.29, 0.717) is 0 Å². The molecule has 0 saturated heterocycles. The van der Waals surface area contributed by atoms with Crippen molar-refractivity contribution in [2.75, 3.05) is 6.54 Å². The second kappa shape index (κ2) is 8.73. The number of halogens is 1. The first kappa shape index (κ1) is 18.3. The van der Waals surface area contributed by atoms with Crippen LogP contribution in [0.2, 0.25) is 5.02 Å². The number of rotatable bonds is 7. The third-order valence-electron chi connectivity index (χ3n) is 5.25. The minimum atomic E-state index is 0.775. The van der Waals surface area contributed by atoms with E-state index >= 15 is 0 Å². The van der Waals surface area contributed by atoms with Gasteiger partial charge in [0, 0.05) is 11.6 Å². The molecule has 1 heterocycles. The van der Waals surface area contributed by atoms with Crippen LogP contribution in [-0.2, 0) is 13.1 Å². The molecule has 3 nitrogen and oxygen atoms in total. The minimum absolute atomic E-state index is 0.775. The zero-order valence-corrected chi connectivity index (χ0v) is 16.4. The predicted molar refractivity (Wildman–Crippen MR) is 113 cm³/mol. The van der Waals surface area contributed by atoms with Gasteiger partial charge in [0.1, 0.15) is 5.82 Å². The van der Waals surface area contributed by atoms with E-state index in [1.807, 2.05) is 24.3 Å². The monoisotopic (exact) mass is 379 g/mol. The normalized spacial score (nSPS) is 14.5. The minimum Gasteiger partial charge on any atom is -0.322 e. The molecule has 1 aromatic heterocycles. The Labute approximate surface area is 166 Å². The Balaban J connectivity index is 1.48. The molecule has 0 atom stereocenters. The van der Waals surface area contributed by atoms with Crippen molar-refractivity contribution in [2.45, 2.75) is 45.2 Å². The van der Waals surface area contributed by atoms with Crippen molar-refractivity contribution in [3.05, 3.63) is 76.6 Å². The van der Waals surface area contributed by atoms with Crippen LogP contribution in [0.4, 0.5) is 0 Å². The van der Waals surface area contributed by atoms with Crippen LogP contribution < -0.4 is 5.32 Å². The number of benzene rings is 2. The lowest BCUT2D eigenvalue weighted by atomic mass is 9.97. The third-order valence-corrected chi connectivity index (χ3v) is 5.49. The number of nitrogens with zero attached hydrogens (tertiary/aromatic N) is 2. The van der Waals surface area contributed by atoms with Crippen LogP contribution in [0.25, 0.3) is 11.0 Å². The van der Waals surface area contributed by atoms with E-state index in [4.69, 9.17) is 16.6 Å². The first-order valence-electron chi connectivity index (χ1n) is 9.87. The molecule has 0 saturated carbocycles. The highest BCUT2D eigenvalue weighted by Crippen LogP contribution is 2.21. The first-order chi connectivity index (χ1) is 13.3. The fourth-order valence-electron chi connectivity index (χ4n) is 3.84. The van der Waals surface area contributed by atoms with Crippen molar-refractivity contribution in [3.63, 3.8) is 0 Å². The van der Waals surface area contributed by atoms with Crippen LogP contribution >= 0.6 is 11.6 Å². The van der Waals surface area contributed by atoms with Crippen LogP contribution in [0.15, 0.2) is 60.2 Å². The summed E-state index contributed by atoms with van der Waals surface area (Å²) in [5, 5.41) is 4.37. The summed E-state index contributed by atoms with van der Waals surface area (Å²) in [5.41, 5.74) is 5.02. The molecule has 4 rings (SSSR count). The molecule has 0 aliphatic heterocycles. The predicted octanol–water partition coefficient (Wildman–Crippen LogP) is 5.72. The van der Waals surface area contributed by atoms with E-state index < -0.39 is 0 Å². The highest BCUT2D eigenvalue weighted by Gasteiger charge is 2.11. The Hall–Kier alpha value is -2.10. The van der Waals surface area contributed by atoms with Crippen LogP contribution in [0, 0.1) is 0 Å². The Bertz CT molecular complexity index is 942. The molecule has 1 N–H and O–H groups in total. The van der Waals surface area contributed by atoms with Gasteiger partial charge < -0.3 is 9.88 Å². The summed E-state index contributed by atoms with van der Waals surface area (Å²) < 4.78 is 2.30. The second-order valence-electron chi connectivity index (χ2n) is 7.27. The van der Waals surface area contributed by atoms with Gasteiger partial charge in [-0.3, -0.25) is 0 Å². The number of para-hydroxylation sites is 2. The zero-order valence-electron chi connectivity index (χ0n) is 15.6. The lowest BCUT2D eigenvalue weighted by molar-refractivity contribution is 0.605. The standard InChI is InChI=1S/C23H26ClN3/c24-20-10-6-9-19(15-20)17-27-22-12-5-4-11-21(22)26-23(27)16-25-14-13-18-7-2-1-3-8-18/h4-7,9-12,15,25H,1-3,8,13-14,16-17H2. The molecular formula is C23H26ClN3. The molecule has 3 aromatic rings. The third kappa shape index (κ3) is 4.60. The van der Waals surface area contributed by atoms with Gasteiger partial charge >= 0.3 is 0 Å². The maximum Gasteiger partial charge on any atom is 0.124 e. The summed E-state index contributed by atoms with van der Waals surface area (Å²) in [5.74, 6) is 1.08. The molecule has 0 fully saturated rings. The van der Waals surface area contributed by atoms with Gasteiger partial charge in [-0.25, -0.2) is 4.98 Å². The van der Waals surface area contributed by atoms with Crippen LogP contribution in [0.5, 0.6) is 0 Å². The van der Waals surface area contributed by atoms with Crippen molar-refractivity contribution in [3.8, 4) is 0 Å². The van der Waals surface area contributed by atoms with Crippen molar-refractivity contribution < 1.29 is 0 Å². The number of allylic oxidation sites excluding steroid dienone is 1. The molecule has 1 aliphatic carbocycles. The molecule has 0 amide bonds. The Morgan fingerprint density at radius 3 is 2.85 bits per heavy atom. The van der Waals surface area contributed by atoms with Gasteiger partial charge in [0.2, 0.25) is 0 Å². The van der Waals surface area contributed by atoms with E-state index in [0.717, 1.165) is 42.4 Å². The van der Waals surface area contributed by atoms with Gasteiger partial charge in [-0.1, -0.05) is 47.5 Å². The number of hydrogen-bond acceptors (Lipinski definition) is 2. The average Bonchev–Trinajstić information content (AvgIpc) is 3.04. The van der Waals surface area contributed by atoms with E-state index in [2.05, 4.69) is 40.2 Å². The molecule has 4 heteroatoms. The van der Waals surface area contributed by atoms with Crippen molar-refractivity contribution in [1.29, 1.82) is 0 Å². The van der Waals surface area contributed by atoms with Gasteiger partial charge in [0.05, 0.1) is 17.6 Å². The fourth-order valence-corrected chi connectivity index (χ4v) is 4.05. The van der Waals surface area contributed by atoms with Crippen LogP contribution in [-0.4, -0.2) is 16.1 Å². The summed E-state index contributed by atoms with van der Waals surface area (Å²) in [6.45, 7) is 2.57. The van der Waals surface area contributed by atoms with Crippen LogP contribution in [0.1, 0.15) is 43.5 Å². The fraction of sp³-hybridized carbons (Fsp3) is 0.348.